The van der Waals surface area contributed by atoms with Gasteiger partial charge in [-0.1, -0.05) is 12.1 Å². The van der Waals surface area contributed by atoms with Crippen molar-refractivity contribution >= 4 is 0 Å². The molecule has 0 aromatic heterocycles. The molecule has 0 saturated heterocycles. The van der Waals surface area contributed by atoms with Gasteiger partial charge < -0.3 is 19.7 Å². The van der Waals surface area contributed by atoms with Crippen molar-refractivity contribution < 1.29 is 19.7 Å². The lowest BCUT2D eigenvalue weighted by Gasteiger charge is -2.42. The van der Waals surface area contributed by atoms with Gasteiger partial charge in [-0.25, -0.2) is 0 Å². The summed E-state index contributed by atoms with van der Waals surface area (Å²) in [5.41, 5.74) is 4.52. The van der Waals surface area contributed by atoms with Gasteiger partial charge >= 0.3 is 0 Å². The standard InChI is InChI=1S/C18H17NO4/c1-19-6-5-9-7-12-18(23-8-22-12)15-13(9)16(19)17(21)10-3-2-4-11(20)14(10)15/h2-4,7,16-17,20-21H,5-6,8H2,1H3/t16-,17-/m0/s1. The predicted octanol–water partition coefficient (Wildman–Crippen LogP) is 2.36. The Balaban J connectivity index is 1.93. The van der Waals surface area contributed by atoms with E-state index in [4.69, 9.17) is 9.47 Å². The summed E-state index contributed by atoms with van der Waals surface area (Å²) in [6.07, 6.45) is 0.218. The minimum absolute atomic E-state index is 0.127. The number of nitrogens with zero attached hydrogens (tertiary/aromatic N) is 1. The van der Waals surface area contributed by atoms with Crippen LogP contribution in [-0.2, 0) is 6.42 Å². The first kappa shape index (κ1) is 13.2. The van der Waals surface area contributed by atoms with Crippen molar-refractivity contribution in [3.8, 4) is 28.4 Å². The van der Waals surface area contributed by atoms with Crippen molar-refractivity contribution in [2.24, 2.45) is 0 Å². The van der Waals surface area contributed by atoms with Crippen molar-refractivity contribution in [2.75, 3.05) is 20.4 Å². The molecule has 0 amide bonds. The molecule has 5 nitrogen and oxygen atoms in total. The first-order valence-electron chi connectivity index (χ1n) is 7.82. The summed E-state index contributed by atoms with van der Waals surface area (Å²) < 4.78 is 11.3. The molecule has 0 bridgehead atoms. The summed E-state index contributed by atoms with van der Waals surface area (Å²) >= 11 is 0. The molecular formula is C18H17NO4. The van der Waals surface area contributed by atoms with Crippen LogP contribution in [0.2, 0.25) is 0 Å². The highest BCUT2D eigenvalue weighted by atomic mass is 16.7. The van der Waals surface area contributed by atoms with Crippen LogP contribution in [0.5, 0.6) is 17.2 Å². The Hall–Kier alpha value is -2.24. The molecule has 23 heavy (non-hydrogen) atoms. The Morgan fingerprint density at radius 2 is 2.09 bits per heavy atom. The molecule has 2 N–H and O–H groups in total. The summed E-state index contributed by atoms with van der Waals surface area (Å²) in [6.45, 7) is 1.07. The van der Waals surface area contributed by atoms with Gasteiger partial charge in [0.25, 0.3) is 0 Å². The van der Waals surface area contributed by atoms with E-state index in [9.17, 15) is 10.2 Å². The van der Waals surface area contributed by atoms with Crippen LogP contribution in [0.15, 0.2) is 24.3 Å². The van der Waals surface area contributed by atoms with Crippen molar-refractivity contribution in [1.82, 2.24) is 4.90 Å². The second kappa shape index (κ2) is 4.40. The highest BCUT2D eigenvalue weighted by molar-refractivity contribution is 5.87. The molecule has 5 heteroatoms. The summed E-state index contributed by atoms with van der Waals surface area (Å²) in [7, 11) is 2.03. The number of rotatable bonds is 0. The molecule has 1 aliphatic carbocycles. The SMILES string of the molecule is CN1CCc2cc3c(c4c2[C@H]1[C@@H](O)c1cccc(O)c1-4)OCO3. The zero-order valence-electron chi connectivity index (χ0n) is 12.7. The number of aliphatic hydroxyl groups is 1. The average Bonchev–Trinajstić information content (AvgIpc) is 3.00. The van der Waals surface area contributed by atoms with Crippen LogP contribution in [-0.4, -0.2) is 35.5 Å². The summed E-state index contributed by atoms with van der Waals surface area (Å²) in [5, 5.41) is 21.4. The van der Waals surface area contributed by atoms with Gasteiger partial charge in [-0.05, 0) is 42.3 Å². The maximum absolute atomic E-state index is 10.9. The Labute approximate surface area is 133 Å². The Morgan fingerprint density at radius 1 is 1.22 bits per heavy atom. The van der Waals surface area contributed by atoms with E-state index in [0.29, 0.717) is 11.3 Å². The van der Waals surface area contributed by atoms with Gasteiger partial charge in [0, 0.05) is 17.7 Å². The summed E-state index contributed by atoms with van der Waals surface area (Å²) in [4.78, 5) is 2.17. The van der Waals surface area contributed by atoms with Gasteiger partial charge in [0.15, 0.2) is 11.5 Å². The van der Waals surface area contributed by atoms with Crippen LogP contribution in [0.3, 0.4) is 0 Å². The number of likely N-dealkylation sites (N-methyl/N-ethyl adjacent to an activating group) is 1. The maximum atomic E-state index is 10.9. The molecule has 5 rings (SSSR count). The van der Waals surface area contributed by atoms with Crippen LogP contribution in [0, 0.1) is 0 Å². The van der Waals surface area contributed by atoms with Crippen LogP contribution in [0.25, 0.3) is 11.1 Å². The van der Waals surface area contributed by atoms with Gasteiger partial charge in [0.05, 0.1) is 12.1 Å². The highest BCUT2D eigenvalue weighted by Gasteiger charge is 2.43. The number of hydrogen-bond acceptors (Lipinski definition) is 5. The lowest BCUT2D eigenvalue weighted by atomic mass is 9.75. The monoisotopic (exact) mass is 311 g/mol. The van der Waals surface area contributed by atoms with Crippen molar-refractivity contribution in [2.45, 2.75) is 18.6 Å². The van der Waals surface area contributed by atoms with Crippen LogP contribution in [0.4, 0.5) is 0 Å². The van der Waals surface area contributed by atoms with E-state index in [1.165, 1.54) is 5.56 Å². The van der Waals surface area contributed by atoms with E-state index in [-0.39, 0.29) is 18.6 Å². The molecule has 2 aromatic carbocycles. The Bertz CT molecular complexity index is 832. The first-order chi connectivity index (χ1) is 11.2. The molecular weight excluding hydrogens is 294 g/mol. The number of phenolic OH excluding ortho intramolecular Hbond substituents is 1. The van der Waals surface area contributed by atoms with E-state index in [0.717, 1.165) is 35.4 Å². The molecule has 0 saturated carbocycles. The lowest BCUT2D eigenvalue weighted by molar-refractivity contribution is 0.0541. The second-order valence-corrected chi connectivity index (χ2v) is 6.42. The van der Waals surface area contributed by atoms with Crippen LogP contribution in [0.1, 0.15) is 28.8 Å². The fraction of sp³-hybridized carbons (Fsp3) is 0.333. The molecule has 2 atom stereocenters. The quantitative estimate of drug-likeness (QED) is 0.782. The number of benzene rings is 2. The molecule has 0 unspecified atom stereocenters. The zero-order valence-corrected chi connectivity index (χ0v) is 12.7. The molecule has 0 fully saturated rings. The van der Waals surface area contributed by atoms with Crippen molar-refractivity contribution in [3.05, 3.63) is 41.0 Å². The highest BCUT2D eigenvalue weighted by Crippen LogP contribution is 2.58. The number of ether oxygens (including phenoxy) is 2. The first-order valence-corrected chi connectivity index (χ1v) is 7.82. The normalized spacial score (nSPS) is 24.3. The third-order valence-electron chi connectivity index (χ3n) is 5.24. The Morgan fingerprint density at radius 3 is 2.96 bits per heavy atom. The van der Waals surface area contributed by atoms with Gasteiger partial charge in [-0.2, -0.15) is 0 Å². The molecule has 3 aliphatic rings. The molecule has 2 aromatic rings. The van der Waals surface area contributed by atoms with Gasteiger partial charge in [-0.3, -0.25) is 4.90 Å². The van der Waals surface area contributed by atoms with Gasteiger partial charge in [0.2, 0.25) is 6.79 Å². The van der Waals surface area contributed by atoms with Gasteiger partial charge in [-0.15, -0.1) is 0 Å². The lowest BCUT2D eigenvalue weighted by Crippen LogP contribution is -2.38. The summed E-state index contributed by atoms with van der Waals surface area (Å²) in [6, 6.07) is 7.20. The van der Waals surface area contributed by atoms with Crippen molar-refractivity contribution in [3.63, 3.8) is 0 Å². The smallest absolute Gasteiger partial charge is 0.231 e. The molecule has 2 aliphatic heterocycles. The summed E-state index contributed by atoms with van der Waals surface area (Å²) in [5.74, 6) is 1.57. The van der Waals surface area contributed by atoms with Crippen molar-refractivity contribution in [1.29, 1.82) is 0 Å². The predicted molar refractivity (Wildman–Crippen MR) is 83.7 cm³/mol. The number of fused-ring (bicyclic) bond motifs is 4. The third-order valence-corrected chi connectivity index (χ3v) is 5.24. The van der Waals surface area contributed by atoms with Crippen LogP contribution < -0.4 is 9.47 Å². The molecule has 0 spiro atoms. The number of phenols is 1. The van der Waals surface area contributed by atoms with E-state index in [1.807, 2.05) is 19.2 Å². The van der Waals surface area contributed by atoms with E-state index >= 15 is 0 Å². The number of aromatic hydroxyl groups is 1. The Kier molecular flexibility index (Phi) is 2.53. The van der Waals surface area contributed by atoms with Gasteiger partial charge in [0.1, 0.15) is 5.75 Å². The largest absolute Gasteiger partial charge is 0.507 e. The molecule has 0 radical (unpaired) electrons. The molecule has 118 valence electrons. The van der Waals surface area contributed by atoms with E-state index in [1.54, 1.807) is 12.1 Å². The zero-order chi connectivity index (χ0) is 15.7. The van der Waals surface area contributed by atoms with E-state index < -0.39 is 6.10 Å². The maximum Gasteiger partial charge on any atom is 0.231 e. The number of hydrogen-bond donors (Lipinski definition) is 2. The topological polar surface area (TPSA) is 62.2 Å². The van der Waals surface area contributed by atoms with E-state index in [2.05, 4.69) is 4.90 Å². The minimum Gasteiger partial charge on any atom is -0.507 e. The average molecular weight is 311 g/mol. The minimum atomic E-state index is -0.672. The fourth-order valence-electron chi connectivity index (χ4n) is 4.20. The van der Waals surface area contributed by atoms with Crippen LogP contribution >= 0.6 is 0 Å². The second-order valence-electron chi connectivity index (χ2n) is 6.42. The third kappa shape index (κ3) is 1.58. The molecule has 2 heterocycles. The fourth-order valence-corrected chi connectivity index (χ4v) is 4.20. The number of aliphatic hydroxyl groups excluding tert-OH is 1.